The third-order valence-corrected chi connectivity index (χ3v) is 5.71. The van der Waals surface area contributed by atoms with Gasteiger partial charge in [-0.3, -0.25) is 4.79 Å². The number of nitrogens with zero attached hydrogens (tertiary/aromatic N) is 2. The van der Waals surface area contributed by atoms with Crippen LogP contribution in [-0.4, -0.2) is 48.1 Å². The van der Waals surface area contributed by atoms with E-state index in [-0.39, 0.29) is 17.8 Å². The summed E-state index contributed by atoms with van der Waals surface area (Å²) in [6, 6.07) is 6.18. The summed E-state index contributed by atoms with van der Waals surface area (Å²) >= 11 is 1.37. The number of rotatable bonds is 6. The molecule has 1 aromatic carbocycles. The van der Waals surface area contributed by atoms with Gasteiger partial charge in [0.1, 0.15) is 15.7 Å². The van der Waals surface area contributed by atoms with Gasteiger partial charge < -0.3 is 15.4 Å². The maximum atomic E-state index is 13.1. The molecule has 2 aromatic rings. The molecule has 1 aliphatic rings. The number of carbonyl (C=O) groups excluding carboxylic acids is 1. The van der Waals surface area contributed by atoms with Crippen molar-refractivity contribution >= 4 is 17.2 Å². The second kappa shape index (κ2) is 8.70. The number of benzene rings is 1. The van der Waals surface area contributed by atoms with Gasteiger partial charge in [-0.1, -0.05) is 0 Å². The Balaban J connectivity index is 1.63. The van der Waals surface area contributed by atoms with Crippen LogP contribution in [0.15, 0.2) is 24.3 Å². The van der Waals surface area contributed by atoms with Gasteiger partial charge in [-0.15, -0.1) is 11.3 Å². The van der Waals surface area contributed by atoms with Crippen molar-refractivity contribution in [2.24, 2.45) is 5.73 Å². The van der Waals surface area contributed by atoms with Gasteiger partial charge >= 0.3 is 0 Å². The van der Waals surface area contributed by atoms with Crippen molar-refractivity contribution in [3.8, 4) is 10.6 Å². The molecule has 0 bridgehead atoms. The average molecular weight is 377 g/mol. The molecule has 3 rings (SSSR count). The average Bonchev–Trinajstić information content (AvgIpc) is 3.04. The predicted molar refractivity (Wildman–Crippen MR) is 101 cm³/mol. The number of thiazole rings is 1. The van der Waals surface area contributed by atoms with E-state index >= 15 is 0 Å². The first-order valence-electron chi connectivity index (χ1n) is 8.93. The predicted octanol–water partition coefficient (Wildman–Crippen LogP) is 3.23. The highest BCUT2D eigenvalue weighted by Gasteiger charge is 2.26. The van der Waals surface area contributed by atoms with Crippen molar-refractivity contribution in [1.29, 1.82) is 0 Å². The lowest BCUT2D eigenvalue weighted by atomic mass is 10.1. The fraction of sp³-hybridized carbons (Fsp3) is 0.474. The number of aromatic nitrogens is 1. The lowest BCUT2D eigenvalue weighted by Crippen LogP contribution is -2.41. The topological polar surface area (TPSA) is 68.5 Å². The number of nitrogens with two attached hydrogens (primary N) is 1. The molecule has 0 unspecified atom stereocenters. The zero-order valence-corrected chi connectivity index (χ0v) is 15.7. The van der Waals surface area contributed by atoms with Crippen molar-refractivity contribution in [2.45, 2.75) is 32.3 Å². The number of likely N-dealkylation sites (tertiary alicyclic amines) is 1. The summed E-state index contributed by atoms with van der Waals surface area (Å²) in [5.74, 6) is -0.261. The zero-order valence-electron chi connectivity index (χ0n) is 14.9. The summed E-state index contributed by atoms with van der Waals surface area (Å²) in [6.45, 7) is 4.55. The van der Waals surface area contributed by atoms with Crippen LogP contribution in [0.2, 0.25) is 0 Å². The van der Waals surface area contributed by atoms with Crippen LogP contribution in [-0.2, 0) is 4.74 Å². The molecule has 0 radical (unpaired) electrons. The zero-order chi connectivity index (χ0) is 18.5. The Morgan fingerprint density at radius 1 is 1.35 bits per heavy atom. The maximum absolute atomic E-state index is 13.1. The molecule has 0 saturated carbocycles. The molecule has 2 N–H and O–H groups in total. The van der Waals surface area contributed by atoms with Crippen LogP contribution in [0.3, 0.4) is 0 Å². The molecule has 26 heavy (non-hydrogen) atoms. The van der Waals surface area contributed by atoms with Crippen molar-refractivity contribution < 1.29 is 13.9 Å². The van der Waals surface area contributed by atoms with E-state index in [1.165, 1.54) is 23.5 Å². The van der Waals surface area contributed by atoms with E-state index in [9.17, 15) is 9.18 Å². The van der Waals surface area contributed by atoms with E-state index in [1.807, 2.05) is 11.8 Å². The minimum atomic E-state index is -0.283. The Bertz CT molecular complexity index is 740. The van der Waals surface area contributed by atoms with Crippen LogP contribution in [0.5, 0.6) is 0 Å². The molecular formula is C19H24FN3O2S. The number of halogens is 1. The van der Waals surface area contributed by atoms with Crippen LogP contribution in [0, 0.1) is 12.7 Å². The van der Waals surface area contributed by atoms with Gasteiger partial charge in [-0.05, 0) is 57.0 Å². The van der Waals surface area contributed by atoms with E-state index in [1.54, 1.807) is 12.1 Å². The van der Waals surface area contributed by atoms with Crippen molar-refractivity contribution in [3.63, 3.8) is 0 Å². The smallest absolute Gasteiger partial charge is 0.265 e. The molecule has 0 atom stereocenters. The lowest BCUT2D eigenvalue weighted by Gasteiger charge is -2.31. The highest BCUT2D eigenvalue weighted by atomic mass is 32.1. The van der Waals surface area contributed by atoms with Crippen LogP contribution >= 0.6 is 11.3 Å². The molecule has 5 nitrogen and oxygen atoms in total. The van der Waals surface area contributed by atoms with E-state index in [0.717, 1.165) is 35.5 Å². The first-order valence-corrected chi connectivity index (χ1v) is 9.74. The summed E-state index contributed by atoms with van der Waals surface area (Å²) in [5, 5.41) is 0.742. The van der Waals surface area contributed by atoms with Crippen molar-refractivity contribution in [3.05, 3.63) is 40.7 Å². The quantitative estimate of drug-likeness (QED) is 0.785. The SMILES string of the molecule is Cc1nc(-c2ccc(F)cc2)sc1C(=O)N1CCC(OCCCN)CC1. The molecule has 1 saturated heterocycles. The first-order chi connectivity index (χ1) is 12.6. The second-order valence-corrected chi connectivity index (χ2v) is 7.44. The normalized spacial score (nSPS) is 15.4. The number of carbonyl (C=O) groups is 1. The standard InChI is InChI=1S/C19H24FN3O2S/c1-13-17(26-18(22-13)14-3-5-15(20)6-4-14)19(24)23-10-7-16(8-11-23)25-12-2-9-21/h3-6,16H,2,7-12,21H2,1H3. The molecular weight excluding hydrogens is 353 g/mol. The summed E-state index contributed by atoms with van der Waals surface area (Å²) in [4.78, 5) is 19.9. The van der Waals surface area contributed by atoms with Gasteiger partial charge in [0, 0.05) is 25.3 Å². The number of piperidine rings is 1. The van der Waals surface area contributed by atoms with E-state index in [2.05, 4.69) is 4.98 Å². The van der Waals surface area contributed by atoms with Crippen LogP contribution in [0.25, 0.3) is 10.6 Å². The summed E-state index contributed by atoms with van der Waals surface area (Å²) < 4.78 is 18.9. The third-order valence-electron chi connectivity index (χ3n) is 4.51. The van der Waals surface area contributed by atoms with Gasteiger partial charge in [0.05, 0.1) is 11.8 Å². The summed E-state index contributed by atoms with van der Waals surface area (Å²) in [5.41, 5.74) is 7.03. The number of aryl methyl sites for hydroxylation is 1. The Labute approximate surface area is 157 Å². The van der Waals surface area contributed by atoms with Crippen molar-refractivity contribution in [1.82, 2.24) is 9.88 Å². The molecule has 0 aliphatic carbocycles. The van der Waals surface area contributed by atoms with Gasteiger partial charge in [0.15, 0.2) is 0 Å². The molecule has 7 heteroatoms. The minimum Gasteiger partial charge on any atom is -0.378 e. The van der Waals surface area contributed by atoms with E-state index < -0.39 is 0 Å². The molecule has 1 aromatic heterocycles. The highest BCUT2D eigenvalue weighted by molar-refractivity contribution is 7.17. The van der Waals surface area contributed by atoms with Gasteiger partial charge in [0.25, 0.3) is 5.91 Å². The van der Waals surface area contributed by atoms with Gasteiger partial charge in [-0.2, -0.15) is 0 Å². The Morgan fingerprint density at radius 2 is 2.04 bits per heavy atom. The number of amides is 1. The van der Waals surface area contributed by atoms with Crippen LogP contribution in [0.1, 0.15) is 34.6 Å². The largest absolute Gasteiger partial charge is 0.378 e. The van der Waals surface area contributed by atoms with E-state index in [0.29, 0.717) is 31.1 Å². The Kier molecular flexibility index (Phi) is 6.34. The monoisotopic (exact) mass is 377 g/mol. The molecule has 1 amide bonds. The maximum Gasteiger partial charge on any atom is 0.265 e. The fourth-order valence-corrected chi connectivity index (χ4v) is 4.05. The third kappa shape index (κ3) is 4.47. The first kappa shape index (κ1) is 18.9. The van der Waals surface area contributed by atoms with E-state index in [4.69, 9.17) is 10.5 Å². The highest BCUT2D eigenvalue weighted by Crippen LogP contribution is 2.29. The van der Waals surface area contributed by atoms with Crippen molar-refractivity contribution in [2.75, 3.05) is 26.2 Å². The molecule has 2 heterocycles. The Morgan fingerprint density at radius 3 is 2.69 bits per heavy atom. The lowest BCUT2D eigenvalue weighted by molar-refractivity contribution is 0.00855. The Hall–Kier alpha value is -1.83. The van der Waals surface area contributed by atoms with Gasteiger partial charge in [0.2, 0.25) is 0 Å². The summed E-state index contributed by atoms with van der Waals surface area (Å²) in [7, 11) is 0. The number of hydrogen-bond donors (Lipinski definition) is 1. The molecule has 1 fully saturated rings. The molecule has 1 aliphatic heterocycles. The summed E-state index contributed by atoms with van der Waals surface area (Å²) in [6.07, 6.45) is 2.77. The second-order valence-electron chi connectivity index (χ2n) is 6.45. The van der Waals surface area contributed by atoms with Crippen LogP contribution < -0.4 is 5.73 Å². The minimum absolute atomic E-state index is 0.0220. The molecule has 0 spiro atoms. The number of hydrogen-bond acceptors (Lipinski definition) is 5. The van der Waals surface area contributed by atoms with Gasteiger partial charge in [-0.25, -0.2) is 9.37 Å². The fourth-order valence-electron chi connectivity index (χ4n) is 3.01. The van der Waals surface area contributed by atoms with Crippen LogP contribution in [0.4, 0.5) is 4.39 Å². The number of ether oxygens (including phenoxy) is 1. The molecule has 140 valence electrons.